The van der Waals surface area contributed by atoms with Gasteiger partial charge in [0.2, 0.25) is 5.91 Å². The smallest absolute Gasteiger partial charge is 0.235 e. The Balaban J connectivity index is 1.72. The molecule has 0 radical (unpaired) electrons. The van der Waals surface area contributed by atoms with Crippen LogP contribution in [-0.4, -0.2) is 43.9 Å². The van der Waals surface area contributed by atoms with Crippen LogP contribution in [0.5, 0.6) is 0 Å². The van der Waals surface area contributed by atoms with Crippen LogP contribution >= 0.6 is 23.4 Å². The number of thioether (sulfide) groups is 1. The van der Waals surface area contributed by atoms with Crippen LogP contribution in [-0.2, 0) is 4.79 Å². The van der Waals surface area contributed by atoms with Gasteiger partial charge in [-0.05, 0) is 50.5 Å². The number of likely N-dealkylation sites (tertiary alicyclic amines) is 1. The van der Waals surface area contributed by atoms with Crippen LogP contribution in [0.2, 0.25) is 5.02 Å². The van der Waals surface area contributed by atoms with E-state index >= 15 is 0 Å². The second-order valence-corrected chi connectivity index (χ2v) is 8.93. The summed E-state index contributed by atoms with van der Waals surface area (Å²) in [6.45, 7) is 3.43. The van der Waals surface area contributed by atoms with Crippen LogP contribution in [0, 0.1) is 5.82 Å². The molecule has 1 aromatic heterocycles. The molecule has 0 N–H and O–H groups in total. The largest absolute Gasteiger partial charge is 0.342 e. The summed E-state index contributed by atoms with van der Waals surface area (Å²) in [7, 11) is 0. The van der Waals surface area contributed by atoms with Crippen molar-refractivity contribution >= 4 is 29.3 Å². The molecule has 1 fully saturated rings. The number of nitrogens with zero attached hydrogens (tertiary/aromatic N) is 4. The maximum atomic E-state index is 14.7. The van der Waals surface area contributed by atoms with Crippen molar-refractivity contribution in [1.29, 1.82) is 0 Å². The monoisotopic (exact) mass is 444 g/mol. The lowest BCUT2D eigenvalue weighted by Gasteiger charge is -2.28. The number of aromatic nitrogens is 3. The predicted molar refractivity (Wildman–Crippen MR) is 118 cm³/mol. The van der Waals surface area contributed by atoms with Crippen molar-refractivity contribution in [2.24, 2.45) is 0 Å². The highest BCUT2D eigenvalue weighted by atomic mass is 35.5. The summed E-state index contributed by atoms with van der Waals surface area (Å²) in [5, 5.41) is 9.19. The van der Waals surface area contributed by atoms with Crippen LogP contribution in [0.15, 0.2) is 53.7 Å². The molecule has 1 aliphatic heterocycles. The minimum absolute atomic E-state index is 0.0714. The highest BCUT2D eigenvalue weighted by molar-refractivity contribution is 8.00. The fourth-order valence-corrected chi connectivity index (χ4v) is 4.76. The van der Waals surface area contributed by atoms with Gasteiger partial charge < -0.3 is 4.90 Å². The van der Waals surface area contributed by atoms with Crippen LogP contribution < -0.4 is 0 Å². The lowest BCUT2D eigenvalue weighted by atomic mass is 10.1. The summed E-state index contributed by atoms with van der Waals surface area (Å²) >= 11 is 7.67. The van der Waals surface area contributed by atoms with E-state index < -0.39 is 5.82 Å². The second kappa shape index (κ2) is 9.18. The molecule has 2 heterocycles. The van der Waals surface area contributed by atoms with Gasteiger partial charge in [0.05, 0.1) is 16.0 Å². The van der Waals surface area contributed by atoms with E-state index in [1.165, 1.54) is 17.8 Å². The third kappa shape index (κ3) is 4.23. The van der Waals surface area contributed by atoms with Gasteiger partial charge in [-0.1, -0.05) is 47.6 Å². The van der Waals surface area contributed by atoms with Crippen molar-refractivity contribution in [3.63, 3.8) is 0 Å². The second-order valence-electron chi connectivity index (χ2n) is 7.22. The van der Waals surface area contributed by atoms with Gasteiger partial charge in [-0.15, -0.1) is 10.2 Å². The van der Waals surface area contributed by atoms with E-state index in [2.05, 4.69) is 10.2 Å². The minimum Gasteiger partial charge on any atom is -0.342 e. The number of benzene rings is 2. The highest BCUT2D eigenvalue weighted by Crippen LogP contribution is 2.34. The fourth-order valence-electron chi connectivity index (χ4n) is 3.59. The van der Waals surface area contributed by atoms with Gasteiger partial charge in [-0.25, -0.2) is 4.39 Å². The average Bonchev–Trinajstić information content (AvgIpc) is 3.17. The van der Waals surface area contributed by atoms with Gasteiger partial charge in [0.25, 0.3) is 0 Å². The van der Waals surface area contributed by atoms with E-state index in [1.54, 1.807) is 28.8 Å². The summed E-state index contributed by atoms with van der Waals surface area (Å²) in [5.74, 6) is 0.107. The number of rotatable bonds is 5. The SMILES string of the molecule is CC(Sc1nnc(-c2ccccc2Cl)n1-c1ccccc1F)C(=O)N1CCCCC1. The first-order valence-corrected chi connectivity index (χ1v) is 11.2. The van der Waals surface area contributed by atoms with E-state index in [9.17, 15) is 9.18 Å². The van der Waals surface area contributed by atoms with Gasteiger partial charge >= 0.3 is 0 Å². The van der Waals surface area contributed by atoms with E-state index in [1.807, 2.05) is 30.0 Å². The first-order valence-electron chi connectivity index (χ1n) is 9.97. The number of carbonyl (C=O) groups is 1. The van der Waals surface area contributed by atoms with E-state index in [0.29, 0.717) is 27.3 Å². The first kappa shape index (κ1) is 20.9. The molecule has 1 atom stereocenters. The molecule has 156 valence electrons. The molecule has 1 aliphatic rings. The topological polar surface area (TPSA) is 51.0 Å². The molecule has 2 aromatic carbocycles. The van der Waals surface area contributed by atoms with E-state index in [0.717, 1.165) is 32.4 Å². The summed E-state index contributed by atoms with van der Waals surface area (Å²) in [4.78, 5) is 14.8. The molecular weight excluding hydrogens is 423 g/mol. The Morgan fingerprint density at radius 3 is 2.50 bits per heavy atom. The molecule has 30 heavy (non-hydrogen) atoms. The summed E-state index contributed by atoms with van der Waals surface area (Å²) in [6, 6.07) is 13.7. The number of para-hydroxylation sites is 1. The maximum Gasteiger partial charge on any atom is 0.235 e. The minimum atomic E-state index is -0.400. The van der Waals surface area contributed by atoms with Crippen molar-refractivity contribution in [3.05, 3.63) is 59.4 Å². The Labute approximate surface area is 184 Å². The molecule has 3 aromatic rings. The van der Waals surface area contributed by atoms with Gasteiger partial charge in [-0.3, -0.25) is 9.36 Å². The van der Waals surface area contributed by atoms with Crippen molar-refractivity contribution in [1.82, 2.24) is 19.7 Å². The van der Waals surface area contributed by atoms with Crippen LogP contribution in [0.3, 0.4) is 0 Å². The Hall–Kier alpha value is -2.38. The fraction of sp³-hybridized carbons (Fsp3) is 0.318. The average molecular weight is 445 g/mol. The number of halogens is 2. The standard InChI is InChI=1S/C22H22ClFN4OS/c1-15(21(29)27-13-7-2-8-14-27)30-22-26-25-20(16-9-3-4-10-17(16)23)28(22)19-12-6-5-11-18(19)24/h3-6,9-12,15H,2,7-8,13-14H2,1H3. The summed E-state index contributed by atoms with van der Waals surface area (Å²) < 4.78 is 16.4. The Morgan fingerprint density at radius 2 is 1.77 bits per heavy atom. The summed E-state index contributed by atoms with van der Waals surface area (Å²) in [5.41, 5.74) is 0.967. The van der Waals surface area contributed by atoms with Crippen molar-refractivity contribution in [2.75, 3.05) is 13.1 Å². The molecule has 1 saturated heterocycles. The van der Waals surface area contributed by atoms with Gasteiger partial charge in [0, 0.05) is 18.7 Å². The number of carbonyl (C=O) groups excluding carboxylic acids is 1. The number of hydrogen-bond donors (Lipinski definition) is 0. The van der Waals surface area contributed by atoms with E-state index in [4.69, 9.17) is 11.6 Å². The Morgan fingerprint density at radius 1 is 1.07 bits per heavy atom. The maximum absolute atomic E-state index is 14.7. The van der Waals surface area contributed by atoms with Gasteiger partial charge in [0.1, 0.15) is 5.82 Å². The molecule has 0 aliphatic carbocycles. The van der Waals surface area contributed by atoms with Crippen LogP contribution in [0.25, 0.3) is 17.1 Å². The van der Waals surface area contributed by atoms with Crippen molar-refractivity contribution in [2.45, 2.75) is 36.6 Å². The van der Waals surface area contributed by atoms with E-state index in [-0.39, 0.29) is 11.2 Å². The lowest BCUT2D eigenvalue weighted by molar-refractivity contribution is -0.131. The molecular formula is C22H22ClFN4OS. The molecule has 4 rings (SSSR count). The Bertz CT molecular complexity index is 1050. The molecule has 1 amide bonds. The van der Waals surface area contributed by atoms with Gasteiger partial charge in [-0.2, -0.15) is 0 Å². The summed E-state index contributed by atoms with van der Waals surface area (Å²) in [6.07, 6.45) is 3.23. The number of piperidine rings is 1. The third-order valence-corrected chi connectivity index (χ3v) is 6.50. The van der Waals surface area contributed by atoms with Crippen molar-refractivity contribution < 1.29 is 9.18 Å². The zero-order chi connectivity index (χ0) is 21.1. The Kier molecular flexibility index (Phi) is 6.39. The van der Waals surface area contributed by atoms with Crippen molar-refractivity contribution in [3.8, 4) is 17.1 Å². The highest BCUT2D eigenvalue weighted by Gasteiger charge is 2.27. The molecule has 0 bridgehead atoms. The number of hydrogen-bond acceptors (Lipinski definition) is 4. The van der Waals surface area contributed by atoms with Gasteiger partial charge in [0.15, 0.2) is 11.0 Å². The zero-order valence-electron chi connectivity index (χ0n) is 16.6. The first-order chi connectivity index (χ1) is 14.6. The normalized spacial score (nSPS) is 15.2. The number of amides is 1. The molecule has 8 heteroatoms. The molecule has 0 saturated carbocycles. The zero-order valence-corrected chi connectivity index (χ0v) is 18.2. The lowest BCUT2D eigenvalue weighted by Crippen LogP contribution is -2.40. The van der Waals surface area contributed by atoms with Crippen LogP contribution in [0.1, 0.15) is 26.2 Å². The van der Waals surface area contributed by atoms with Crippen LogP contribution in [0.4, 0.5) is 4.39 Å². The quantitative estimate of drug-likeness (QED) is 0.506. The molecule has 1 unspecified atom stereocenters. The predicted octanol–water partition coefficient (Wildman–Crippen LogP) is 5.22. The third-order valence-electron chi connectivity index (χ3n) is 5.14. The molecule has 5 nitrogen and oxygen atoms in total. The molecule has 0 spiro atoms.